The van der Waals surface area contributed by atoms with E-state index in [0.29, 0.717) is 0 Å². The van der Waals surface area contributed by atoms with Gasteiger partial charge in [-0.25, -0.2) is 0 Å². The molecule has 0 saturated heterocycles. The van der Waals surface area contributed by atoms with E-state index in [1.165, 1.54) is 25.7 Å². The molecule has 0 unspecified atom stereocenters. The van der Waals surface area contributed by atoms with Crippen LogP contribution in [-0.4, -0.2) is 6.61 Å². The molecule has 1 fully saturated rings. The largest absolute Gasteiger partial charge is 0.493 e. The second kappa shape index (κ2) is 4.31. The summed E-state index contributed by atoms with van der Waals surface area (Å²) in [5.74, 6) is 1.77. The summed E-state index contributed by atoms with van der Waals surface area (Å²) in [7, 11) is 0. The van der Waals surface area contributed by atoms with Crippen molar-refractivity contribution in [2.45, 2.75) is 25.7 Å². The highest BCUT2D eigenvalue weighted by molar-refractivity contribution is 5.20. The molecule has 1 nitrogen and oxygen atoms in total. The summed E-state index contributed by atoms with van der Waals surface area (Å²) in [6.45, 7) is 0.893. The molecule has 1 heteroatoms. The summed E-state index contributed by atoms with van der Waals surface area (Å²) in [4.78, 5) is 0. The third-order valence-electron chi connectivity index (χ3n) is 2.65. The lowest BCUT2D eigenvalue weighted by atomic mass is 10.1. The molecule has 0 bridgehead atoms. The van der Waals surface area contributed by atoms with Crippen molar-refractivity contribution in [3.05, 3.63) is 30.3 Å². The standard InChI is InChI=1S/C12H15O/c1-2-8-12(9-3-1)13-10-11-6-4-5-7-11/h2-3,8-9,11H,4-7,10H2. The molecule has 1 aliphatic carbocycles. The summed E-state index contributed by atoms with van der Waals surface area (Å²) >= 11 is 0. The molecule has 2 rings (SSSR count). The molecule has 0 aliphatic heterocycles. The number of hydrogen-bond donors (Lipinski definition) is 0. The second-order valence-corrected chi connectivity index (χ2v) is 3.70. The maximum Gasteiger partial charge on any atom is 0.119 e. The molecule has 13 heavy (non-hydrogen) atoms. The molecule has 1 aromatic carbocycles. The van der Waals surface area contributed by atoms with Gasteiger partial charge in [-0.15, -0.1) is 0 Å². The Morgan fingerprint density at radius 3 is 2.62 bits per heavy atom. The molecular formula is C12H15O. The molecular weight excluding hydrogens is 160 g/mol. The van der Waals surface area contributed by atoms with Crippen LogP contribution in [0.3, 0.4) is 0 Å². The van der Waals surface area contributed by atoms with Gasteiger partial charge in [0.25, 0.3) is 0 Å². The maximum atomic E-state index is 5.67. The Labute approximate surface area is 79.7 Å². The van der Waals surface area contributed by atoms with Crippen molar-refractivity contribution in [1.82, 2.24) is 0 Å². The topological polar surface area (TPSA) is 9.23 Å². The maximum absolute atomic E-state index is 5.67. The first-order chi connectivity index (χ1) is 6.45. The summed E-state index contributed by atoms with van der Waals surface area (Å²) < 4.78 is 5.67. The van der Waals surface area contributed by atoms with Gasteiger partial charge in [0.05, 0.1) is 6.61 Å². The van der Waals surface area contributed by atoms with Crippen molar-refractivity contribution in [1.29, 1.82) is 0 Å². The smallest absolute Gasteiger partial charge is 0.119 e. The third kappa shape index (κ3) is 2.48. The van der Waals surface area contributed by atoms with Gasteiger partial charge in [0.1, 0.15) is 5.75 Å². The summed E-state index contributed by atoms with van der Waals surface area (Å²) in [5.41, 5.74) is 0. The third-order valence-corrected chi connectivity index (χ3v) is 2.65. The molecule has 0 amide bonds. The van der Waals surface area contributed by atoms with E-state index in [2.05, 4.69) is 6.07 Å². The van der Waals surface area contributed by atoms with E-state index in [-0.39, 0.29) is 0 Å². The van der Waals surface area contributed by atoms with Crippen LogP contribution in [0.2, 0.25) is 0 Å². The van der Waals surface area contributed by atoms with Gasteiger partial charge in [-0.2, -0.15) is 0 Å². The Kier molecular flexibility index (Phi) is 2.86. The van der Waals surface area contributed by atoms with Crippen LogP contribution in [-0.2, 0) is 0 Å². The number of benzene rings is 1. The predicted molar refractivity (Wildman–Crippen MR) is 52.7 cm³/mol. The number of rotatable bonds is 3. The van der Waals surface area contributed by atoms with Crippen LogP contribution in [0.25, 0.3) is 0 Å². The normalized spacial score (nSPS) is 17.5. The van der Waals surface area contributed by atoms with Gasteiger partial charge in [-0.3, -0.25) is 0 Å². The van der Waals surface area contributed by atoms with Crippen molar-refractivity contribution >= 4 is 0 Å². The highest BCUT2D eigenvalue weighted by Gasteiger charge is 2.15. The van der Waals surface area contributed by atoms with Gasteiger partial charge in [0, 0.05) is 0 Å². The van der Waals surface area contributed by atoms with E-state index in [1.54, 1.807) is 0 Å². The Morgan fingerprint density at radius 2 is 1.92 bits per heavy atom. The average Bonchev–Trinajstić information content (AvgIpc) is 2.69. The van der Waals surface area contributed by atoms with Gasteiger partial charge in [-0.05, 0) is 37.0 Å². The molecule has 0 N–H and O–H groups in total. The first kappa shape index (κ1) is 8.61. The Morgan fingerprint density at radius 1 is 1.23 bits per heavy atom. The minimum atomic E-state index is 0.796. The Hall–Kier alpha value is -0.980. The Bertz CT molecular complexity index is 237. The molecule has 0 heterocycles. The van der Waals surface area contributed by atoms with E-state index in [1.807, 2.05) is 24.3 Å². The van der Waals surface area contributed by atoms with E-state index >= 15 is 0 Å². The van der Waals surface area contributed by atoms with Crippen LogP contribution in [0.5, 0.6) is 5.75 Å². The summed E-state index contributed by atoms with van der Waals surface area (Å²) in [5, 5.41) is 0. The van der Waals surface area contributed by atoms with Crippen molar-refractivity contribution in [3.8, 4) is 5.75 Å². The SMILES string of the molecule is [c]1ccc(OCC2CCCC2)cc1. The fourth-order valence-electron chi connectivity index (χ4n) is 1.86. The zero-order chi connectivity index (χ0) is 8.93. The lowest BCUT2D eigenvalue weighted by molar-refractivity contribution is 0.252. The number of hydrogen-bond acceptors (Lipinski definition) is 1. The van der Waals surface area contributed by atoms with Crippen LogP contribution in [0.4, 0.5) is 0 Å². The van der Waals surface area contributed by atoms with Crippen molar-refractivity contribution in [3.63, 3.8) is 0 Å². The van der Waals surface area contributed by atoms with Crippen molar-refractivity contribution in [2.75, 3.05) is 6.61 Å². The molecule has 0 aromatic heterocycles. The molecule has 69 valence electrons. The minimum Gasteiger partial charge on any atom is -0.493 e. The quantitative estimate of drug-likeness (QED) is 0.686. The lowest BCUT2D eigenvalue weighted by Gasteiger charge is -2.10. The molecule has 1 aromatic rings. The average molecular weight is 175 g/mol. The van der Waals surface area contributed by atoms with Crippen molar-refractivity contribution < 1.29 is 4.74 Å². The van der Waals surface area contributed by atoms with E-state index in [0.717, 1.165) is 18.3 Å². The van der Waals surface area contributed by atoms with E-state index in [9.17, 15) is 0 Å². The van der Waals surface area contributed by atoms with E-state index in [4.69, 9.17) is 4.74 Å². The zero-order valence-electron chi connectivity index (χ0n) is 7.83. The first-order valence-electron chi connectivity index (χ1n) is 5.04. The minimum absolute atomic E-state index is 0.796. The highest BCUT2D eigenvalue weighted by Crippen LogP contribution is 2.25. The van der Waals surface area contributed by atoms with Crippen LogP contribution in [0.15, 0.2) is 24.3 Å². The van der Waals surface area contributed by atoms with Crippen LogP contribution >= 0.6 is 0 Å². The molecule has 0 spiro atoms. The monoisotopic (exact) mass is 175 g/mol. The number of ether oxygens (including phenoxy) is 1. The first-order valence-corrected chi connectivity index (χ1v) is 5.04. The Balaban J connectivity index is 1.79. The summed E-state index contributed by atoms with van der Waals surface area (Å²) in [6.07, 6.45) is 5.46. The van der Waals surface area contributed by atoms with Gasteiger partial charge in [0.2, 0.25) is 0 Å². The molecule has 1 saturated carbocycles. The van der Waals surface area contributed by atoms with Gasteiger partial charge in [0.15, 0.2) is 0 Å². The van der Waals surface area contributed by atoms with Gasteiger partial charge < -0.3 is 4.74 Å². The van der Waals surface area contributed by atoms with Crippen LogP contribution in [0.1, 0.15) is 25.7 Å². The van der Waals surface area contributed by atoms with Gasteiger partial charge in [-0.1, -0.05) is 25.0 Å². The van der Waals surface area contributed by atoms with Crippen molar-refractivity contribution in [2.24, 2.45) is 5.92 Å². The summed E-state index contributed by atoms with van der Waals surface area (Å²) in [6, 6.07) is 10.7. The predicted octanol–water partition coefficient (Wildman–Crippen LogP) is 3.06. The zero-order valence-corrected chi connectivity index (χ0v) is 7.83. The lowest BCUT2D eigenvalue weighted by Crippen LogP contribution is -2.07. The van der Waals surface area contributed by atoms with Gasteiger partial charge >= 0.3 is 0 Å². The fourth-order valence-corrected chi connectivity index (χ4v) is 1.86. The second-order valence-electron chi connectivity index (χ2n) is 3.70. The van der Waals surface area contributed by atoms with Crippen LogP contribution in [0, 0.1) is 12.0 Å². The molecule has 1 radical (unpaired) electrons. The molecule has 0 atom stereocenters. The fraction of sp³-hybridized carbons (Fsp3) is 0.500. The van der Waals surface area contributed by atoms with Crippen LogP contribution < -0.4 is 4.74 Å². The molecule has 1 aliphatic rings. The highest BCUT2D eigenvalue weighted by atomic mass is 16.5. The van der Waals surface area contributed by atoms with E-state index < -0.39 is 0 Å².